The number of rotatable bonds is 5. The van der Waals surface area contributed by atoms with Crippen LogP contribution in [0.5, 0.6) is 0 Å². The first kappa shape index (κ1) is 17.5. The summed E-state index contributed by atoms with van der Waals surface area (Å²) in [6, 6.07) is 6.94. The molecule has 0 unspecified atom stereocenters. The molecule has 134 valence electrons. The number of aliphatic carboxylic acids is 1. The minimum Gasteiger partial charge on any atom is -0.481 e. The predicted octanol–water partition coefficient (Wildman–Crippen LogP) is 2.33. The van der Waals surface area contributed by atoms with Crippen molar-refractivity contribution in [1.82, 2.24) is 9.78 Å². The summed E-state index contributed by atoms with van der Waals surface area (Å²) in [5.41, 5.74) is 1.30. The number of carboxylic acid groups (broad SMARTS) is 1. The fourth-order valence-electron chi connectivity index (χ4n) is 3.21. The number of para-hydroxylation sites is 1. The minimum atomic E-state index is -3.35. The summed E-state index contributed by atoms with van der Waals surface area (Å²) in [5, 5.41) is 16.7. The molecule has 1 saturated carbocycles. The minimum absolute atomic E-state index is 0.207. The maximum atomic E-state index is 11.9. The molecule has 0 atom stereocenters. The van der Waals surface area contributed by atoms with Crippen LogP contribution in [0.3, 0.4) is 0 Å². The molecule has 2 aromatic rings. The lowest BCUT2D eigenvalue weighted by atomic mass is 9.86. The molecule has 1 aliphatic rings. The molecule has 0 spiro atoms. The quantitative estimate of drug-likeness (QED) is 0.845. The van der Waals surface area contributed by atoms with Crippen LogP contribution in [-0.4, -0.2) is 41.6 Å². The van der Waals surface area contributed by atoms with Crippen LogP contribution in [0.15, 0.2) is 41.6 Å². The van der Waals surface area contributed by atoms with Gasteiger partial charge in [-0.25, -0.2) is 13.1 Å². The molecule has 0 saturated heterocycles. The van der Waals surface area contributed by atoms with E-state index in [1.807, 2.05) is 0 Å². The summed E-state index contributed by atoms with van der Waals surface area (Å²) in [7, 11) is -3.35. The highest BCUT2D eigenvalue weighted by Crippen LogP contribution is 2.27. The van der Waals surface area contributed by atoms with E-state index in [0.29, 0.717) is 18.5 Å². The van der Waals surface area contributed by atoms with Gasteiger partial charge < -0.3 is 10.4 Å². The molecule has 7 nitrogen and oxygen atoms in total. The first-order valence-electron chi connectivity index (χ1n) is 8.18. The molecule has 0 bridgehead atoms. The Labute approximate surface area is 146 Å². The van der Waals surface area contributed by atoms with Crippen LogP contribution < -0.4 is 5.32 Å². The van der Waals surface area contributed by atoms with E-state index >= 15 is 0 Å². The zero-order valence-corrected chi connectivity index (χ0v) is 14.7. The maximum Gasteiger partial charge on any atom is 0.306 e. The van der Waals surface area contributed by atoms with Crippen molar-refractivity contribution in [3.05, 3.63) is 36.7 Å². The molecule has 25 heavy (non-hydrogen) atoms. The van der Waals surface area contributed by atoms with E-state index in [4.69, 9.17) is 5.11 Å². The summed E-state index contributed by atoms with van der Waals surface area (Å²) in [6.45, 7) is 0. The van der Waals surface area contributed by atoms with Crippen LogP contribution in [0, 0.1) is 5.92 Å². The highest BCUT2D eigenvalue weighted by atomic mass is 32.2. The molecule has 8 heteroatoms. The molecule has 3 rings (SSSR count). The second-order valence-corrected chi connectivity index (χ2v) is 8.43. The van der Waals surface area contributed by atoms with Crippen LogP contribution in [-0.2, 0) is 14.6 Å². The number of benzene rings is 1. The van der Waals surface area contributed by atoms with Gasteiger partial charge in [-0.3, -0.25) is 4.79 Å². The van der Waals surface area contributed by atoms with Crippen molar-refractivity contribution in [1.29, 1.82) is 0 Å². The van der Waals surface area contributed by atoms with Crippen molar-refractivity contribution in [3.63, 3.8) is 0 Å². The predicted molar refractivity (Wildman–Crippen MR) is 93.7 cm³/mol. The third kappa shape index (κ3) is 4.01. The molecule has 1 aromatic heterocycles. The number of anilines is 1. The van der Waals surface area contributed by atoms with E-state index < -0.39 is 15.8 Å². The van der Waals surface area contributed by atoms with Gasteiger partial charge in [-0.1, -0.05) is 12.1 Å². The Morgan fingerprint density at radius 3 is 2.56 bits per heavy atom. The number of hydrogen-bond donors (Lipinski definition) is 2. The fourth-order valence-corrected chi connectivity index (χ4v) is 4.08. The molecule has 2 N–H and O–H groups in total. The Hall–Kier alpha value is -2.35. The number of hydrogen-bond acceptors (Lipinski definition) is 5. The van der Waals surface area contributed by atoms with Gasteiger partial charge in [0.25, 0.3) is 0 Å². The number of sulfone groups is 1. The van der Waals surface area contributed by atoms with Gasteiger partial charge in [-0.15, -0.1) is 0 Å². The average molecular weight is 363 g/mol. The van der Waals surface area contributed by atoms with Gasteiger partial charge in [-0.2, -0.15) is 5.10 Å². The topological polar surface area (TPSA) is 101 Å². The molecule has 1 heterocycles. The van der Waals surface area contributed by atoms with E-state index in [2.05, 4.69) is 10.4 Å². The molecule has 1 fully saturated rings. The first-order chi connectivity index (χ1) is 11.8. The average Bonchev–Trinajstić information content (AvgIpc) is 3.03. The second-order valence-electron chi connectivity index (χ2n) is 6.44. The van der Waals surface area contributed by atoms with Gasteiger partial charge in [0.2, 0.25) is 0 Å². The van der Waals surface area contributed by atoms with Crippen molar-refractivity contribution in [2.75, 3.05) is 11.6 Å². The first-order valence-corrected chi connectivity index (χ1v) is 10.1. The Morgan fingerprint density at radius 2 is 1.92 bits per heavy atom. The van der Waals surface area contributed by atoms with Gasteiger partial charge in [0, 0.05) is 12.3 Å². The van der Waals surface area contributed by atoms with Gasteiger partial charge in [-0.05, 0) is 37.8 Å². The van der Waals surface area contributed by atoms with Crippen molar-refractivity contribution in [2.24, 2.45) is 5.92 Å². The lowest BCUT2D eigenvalue weighted by Crippen LogP contribution is -2.29. The number of aromatic nitrogens is 2. The van der Waals surface area contributed by atoms with Crippen LogP contribution in [0.2, 0.25) is 0 Å². The normalized spacial score (nSPS) is 21.0. The Morgan fingerprint density at radius 1 is 1.24 bits per heavy atom. The third-order valence-corrected chi connectivity index (χ3v) is 5.69. The Kier molecular flexibility index (Phi) is 4.80. The molecule has 0 amide bonds. The molecule has 1 aromatic carbocycles. The molecular formula is C17H21N3O4S. The standard InChI is InChI=1S/C17H21N3O4S/c1-25(23,24)16-5-3-2-4-15(16)20-11-14(10-18-20)19-13-8-6-12(7-9-13)17(21)22/h2-5,10-13,19H,6-9H2,1H3,(H,21,22). The Balaban J connectivity index is 1.73. The monoisotopic (exact) mass is 363 g/mol. The summed E-state index contributed by atoms with van der Waals surface area (Å²) in [6.07, 6.45) is 7.51. The largest absolute Gasteiger partial charge is 0.481 e. The van der Waals surface area contributed by atoms with E-state index in [1.165, 1.54) is 6.26 Å². The highest BCUT2D eigenvalue weighted by molar-refractivity contribution is 7.90. The number of nitrogens with zero attached hydrogens (tertiary/aromatic N) is 2. The summed E-state index contributed by atoms with van der Waals surface area (Å²) < 4.78 is 25.4. The van der Waals surface area contributed by atoms with Crippen molar-refractivity contribution >= 4 is 21.5 Å². The summed E-state index contributed by atoms with van der Waals surface area (Å²) in [4.78, 5) is 11.2. The molecular weight excluding hydrogens is 342 g/mol. The zero-order chi connectivity index (χ0) is 18.0. The highest BCUT2D eigenvalue weighted by Gasteiger charge is 2.26. The zero-order valence-electron chi connectivity index (χ0n) is 13.9. The van der Waals surface area contributed by atoms with Crippen LogP contribution in [0.1, 0.15) is 25.7 Å². The van der Waals surface area contributed by atoms with Crippen LogP contribution in [0.4, 0.5) is 5.69 Å². The van der Waals surface area contributed by atoms with Crippen LogP contribution >= 0.6 is 0 Å². The van der Waals surface area contributed by atoms with Gasteiger partial charge in [0.05, 0.1) is 34.6 Å². The van der Waals surface area contributed by atoms with Crippen LogP contribution in [0.25, 0.3) is 5.69 Å². The van der Waals surface area contributed by atoms with Gasteiger partial charge in [0.15, 0.2) is 9.84 Å². The van der Waals surface area contributed by atoms with Crippen molar-refractivity contribution in [2.45, 2.75) is 36.6 Å². The summed E-state index contributed by atoms with van der Waals surface area (Å²) in [5.74, 6) is -0.967. The number of carboxylic acids is 1. The number of nitrogens with one attached hydrogen (secondary N) is 1. The second kappa shape index (κ2) is 6.87. The lowest BCUT2D eigenvalue weighted by molar-refractivity contribution is -0.142. The SMILES string of the molecule is CS(=O)(=O)c1ccccc1-n1cc(NC2CCC(C(=O)O)CC2)cn1. The van der Waals surface area contributed by atoms with Crippen molar-refractivity contribution < 1.29 is 18.3 Å². The maximum absolute atomic E-state index is 11.9. The fraction of sp³-hybridized carbons (Fsp3) is 0.412. The van der Waals surface area contributed by atoms with E-state index in [1.54, 1.807) is 41.3 Å². The van der Waals surface area contributed by atoms with Gasteiger partial charge >= 0.3 is 5.97 Å². The third-order valence-electron chi connectivity index (χ3n) is 4.54. The smallest absolute Gasteiger partial charge is 0.306 e. The van der Waals surface area contributed by atoms with E-state index in [-0.39, 0.29) is 16.9 Å². The molecule has 0 aliphatic heterocycles. The van der Waals surface area contributed by atoms with Gasteiger partial charge in [0.1, 0.15) is 0 Å². The molecule has 1 aliphatic carbocycles. The van der Waals surface area contributed by atoms with E-state index in [9.17, 15) is 13.2 Å². The lowest BCUT2D eigenvalue weighted by Gasteiger charge is -2.26. The van der Waals surface area contributed by atoms with E-state index in [0.717, 1.165) is 18.5 Å². The summed E-state index contributed by atoms with van der Waals surface area (Å²) >= 11 is 0. The van der Waals surface area contributed by atoms with Crippen molar-refractivity contribution in [3.8, 4) is 5.69 Å². The number of carbonyl (C=O) groups is 1. The molecule has 0 radical (unpaired) electrons. The Bertz CT molecular complexity index is 868.